The fourth-order valence-electron chi connectivity index (χ4n) is 0.986. The first-order chi connectivity index (χ1) is 6.63. The summed E-state index contributed by atoms with van der Waals surface area (Å²) in [5, 5.41) is 13.1. The maximum absolute atomic E-state index is 9.34. The van der Waals surface area contributed by atoms with Gasteiger partial charge in [-0.1, -0.05) is 18.5 Å². The first-order valence-corrected chi connectivity index (χ1v) is 5.67. The molecule has 78 valence electrons. The van der Waals surface area contributed by atoms with Gasteiger partial charge in [0.2, 0.25) is 0 Å². The van der Waals surface area contributed by atoms with Crippen LogP contribution in [-0.4, -0.2) is 17.8 Å². The van der Waals surface area contributed by atoms with Crippen LogP contribution in [0.3, 0.4) is 0 Å². The van der Waals surface area contributed by atoms with Gasteiger partial charge in [-0.05, 0) is 40.5 Å². The lowest BCUT2D eigenvalue weighted by atomic mass is 10.2. The lowest BCUT2D eigenvalue weighted by Gasteiger charge is -2.11. The summed E-state index contributed by atoms with van der Waals surface area (Å²) >= 11 is 9.23. The summed E-state index contributed by atoms with van der Waals surface area (Å²) in [6, 6.07) is 5.62. The Labute approximate surface area is 97.4 Å². The van der Waals surface area contributed by atoms with Crippen LogP contribution in [0.5, 0.6) is 0 Å². The van der Waals surface area contributed by atoms with Crippen molar-refractivity contribution in [1.82, 2.24) is 0 Å². The zero-order chi connectivity index (χ0) is 10.6. The molecule has 0 saturated heterocycles. The van der Waals surface area contributed by atoms with Crippen LogP contribution in [0.25, 0.3) is 0 Å². The molecule has 4 heteroatoms. The van der Waals surface area contributed by atoms with E-state index in [0.29, 0.717) is 11.6 Å². The summed E-state index contributed by atoms with van der Waals surface area (Å²) in [5.74, 6) is 0. The number of benzene rings is 1. The van der Waals surface area contributed by atoms with E-state index in [-0.39, 0.29) is 6.10 Å². The van der Waals surface area contributed by atoms with Gasteiger partial charge in [-0.15, -0.1) is 0 Å². The number of nitrogens with one attached hydrogen (secondary N) is 1. The minimum absolute atomic E-state index is 0.308. The molecule has 0 aliphatic carbocycles. The average Bonchev–Trinajstić information content (AvgIpc) is 2.19. The van der Waals surface area contributed by atoms with Crippen LogP contribution in [0.1, 0.15) is 13.3 Å². The van der Waals surface area contributed by atoms with E-state index in [1.54, 1.807) is 0 Å². The van der Waals surface area contributed by atoms with Crippen molar-refractivity contribution in [2.75, 3.05) is 11.9 Å². The molecule has 0 aromatic heterocycles. The topological polar surface area (TPSA) is 32.3 Å². The molecule has 0 amide bonds. The van der Waals surface area contributed by atoms with Crippen LogP contribution < -0.4 is 5.32 Å². The highest BCUT2D eigenvalue weighted by Gasteiger charge is 2.01. The summed E-state index contributed by atoms with van der Waals surface area (Å²) in [6.45, 7) is 2.50. The Bertz CT molecular complexity index is 306. The number of rotatable bonds is 4. The summed E-state index contributed by atoms with van der Waals surface area (Å²) in [5.41, 5.74) is 0.922. The quantitative estimate of drug-likeness (QED) is 0.886. The Morgan fingerprint density at radius 2 is 2.29 bits per heavy atom. The third kappa shape index (κ3) is 3.48. The predicted octanol–water partition coefficient (Wildman–Crippen LogP) is 3.29. The van der Waals surface area contributed by atoms with Crippen molar-refractivity contribution >= 4 is 33.2 Å². The average molecular weight is 279 g/mol. The van der Waals surface area contributed by atoms with Crippen LogP contribution in [0.2, 0.25) is 5.02 Å². The van der Waals surface area contributed by atoms with Crippen LogP contribution in [0, 0.1) is 0 Å². The van der Waals surface area contributed by atoms with Gasteiger partial charge in [-0.3, -0.25) is 0 Å². The summed E-state index contributed by atoms with van der Waals surface area (Å²) in [6.07, 6.45) is 0.439. The molecule has 0 aliphatic rings. The molecular weight excluding hydrogens is 265 g/mol. The van der Waals surface area contributed by atoms with Crippen LogP contribution >= 0.6 is 27.5 Å². The molecule has 0 heterocycles. The zero-order valence-corrected chi connectivity index (χ0v) is 10.3. The predicted molar refractivity (Wildman–Crippen MR) is 63.9 cm³/mol. The molecule has 0 aliphatic heterocycles. The van der Waals surface area contributed by atoms with Crippen molar-refractivity contribution in [2.45, 2.75) is 19.4 Å². The first kappa shape index (κ1) is 11.8. The van der Waals surface area contributed by atoms with E-state index < -0.39 is 0 Å². The second kappa shape index (κ2) is 5.59. The highest BCUT2D eigenvalue weighted by molar-refractivity contribution is 9.10. The molecule has 0 saturated carbocycles. The second-order valence-electron chi connectivity index (χ2n) is 3.07. The Hall–Kier alpha value is -0.250. The molecule has 0 bridgehead atoms. The highest BCUT2D eigenvalue weighted by Crippen LogP contribution is 2.25. The van der Waals surface area contributed by atoms with E-state index in [9.17, 15) is 5.11 Å². The van der Waals surface area contributed by atoms with E-state index in [2.05, 4.69) is 21.2 Å². The molecule has 0 spiro atoms. The third-order valence-electron chi connectivity index (χ3n) is 1.93. The van der Waals surface area contributed by atoms with E-state index in [0.717, 1.165) is 16.6 Å². The normalized spacial score (nSPS) is 12.6. The van der Waals surface area contributed by atoms with Gasteiger partial charge in [0.05, 0.1) is 11.1 Å². The Morgan fingerprint density at radius 1 is 1.57 bits per heavy atom. The van der Waals surface area contributed by atoms with Gasteiger partial charge in [-0.2, -0.15) is 0 Å². The Morgan fingerprint density at radius 3 is 2.86 bits per heavy atom. The smallest absolute Gasteiger partial charge is 0.0709 e. The van der Waals surface area contributed by atoms with Crippen LogP contribution in [0.15, 0.2) is 22.7 Å². The molecule has 0 fully saturated rings. The van der Waals surface area contributed by atoms with Gasteiger partial charge in [-0.25, -0.2) is 0 Å². The molecule has 0 unspecified atom stereocenters. The molecule has 14 heavy (non-hydrogen) atoms. The molecule has 1 aromatic carbocycles. The van der Waals surface area contributed by atoms with Crippen molar-refractivity contribution in [3.05, 3.63) is 27.7 Å². The van der Waals surface area contributed by atoms with Gasteiger partial charge in [0.1, 0.15) is 0 Å². The minimum Gasteiger partial charge on any atom is -0.391 e. The van der Waals surface area contributed by atoms with Crippen molar-refractivity contribution in [3.63, 3.8) is 0 Å². The van der Waals surface area contributed by atoms with Gasteiger partial charge >= 0.3 is 0 Å². The largest absolute Gasteiger partial charge is 0.391 e. The number of hydrogen-bond acceptors (Lipinski definition) is 2. The number of hydrogen-bond donors (Lipinski definition) is 2. The second-order valence-corrected chi connectivity index (χ2v) is 4.33. The van der Waals surface area contributed by atoms with Crippen molar-refractivity contribution < 1.29 is 5.11 Å². The Kier molecular flexibility index (Phi) is 4.72. The summed E-state index contributed by atoms with van der Waals surface area (Å²) in [7, 11) is 0. The molecule has 0 radical (unpaired) electrons. The molecule has 1 rings (SSSR count). The number of halogens is 2. The molecule has 1 aromatic rings. The number of aliphatic hydroxyl groups is 1. The lowest BCUT2D eigenvalue weighted by Crippen LogP contribution is -2.18. The molecule has 1 atom stereocenters. The molecule has 2 nitrogen and oxygen atoms in total. The number of anilines is 1. The third-order valence-corrected chi connectivity index (χ3v) is 3.17. The van der Waals surface area contributed by atoms with Gasteiger partial charge < -0.3 is 10.4 Å². The van der Waals surface area contributed by atoms with E-state index >= 15 is 0 Å². The summed E-state index contributed by atoms with van der Waals surface area (Å²) < 4.78 is 0.876. The minimum atomic E-state index is -0.308. The summed E-state index contributed by atoms with van der Waals surface area (Å²) in [4.78, 5) is 0. The van der Waals surface area contributed by atoms with Gasteiger partial charge in [0.25, 0.3) is 0 Å². The first-order valence-electron chi connectivity index (χ1n) is 4.50. The molecule has 2 N–H and O–H groups in total. The van der Waals surface area contributed by atoms with Gasteiger partial charge in [0, 0.05) is 16.7 Å². The van der Waals surface area contributed by atoms with E-state index in [1.807, 2.05) is 25.1 Å². The number of aliphatic hydroxyl groups excluding tert-OH is 1. The van der Waals surface area contributed by atoms with Crippen LogP contribution in [-0.2, 0) is 0 Å². The van der Waals surface area contributed by atoms with E-state index in [4.69, 9.17) is 11.6 Å². The van der Waals surface area contributed by atoms with Crippen molar-refractivity contribution in [3.8, 4) is 0 Å². The fourth-order valence-corrected chi connectivity index (χ4v) is 1.41. The maximum Gasteiger partial charge on any atom is 0.0709 e. The maximum atomic E-state index is 9.34. The van der Waals surface area contributed by atoms with Crippen LogP contribution in [0.4, 0.5) is 5.69 Å². The standard InChI is InChI=1S/C10H13BrClNO/c1-2-8(14)6-13-7-3-4-9(11)10(12)5-7/h3-5,8,13-14H,2,6H2,1H3/t8-/m0/s1. The highest BCUT2D eigenvalue weighted by atomic mass is 79.9. The van der Waals surface area contributed by atoms with Crippen molar-refractivity contribution in [1.29, 1.82) is 0 Å². The van der Waals surface area contributed by atoms with Gasteiger partial charge in [0.15, 0.2) is 0 Å². The van der Waals surface area contributed by atoms with Crippen molar-refractivity contribution in [2.24, 2.45) is 0 Å². The SMILES string of the molecule is CC[C@H](O)CNc1ccc(Br)c(Cl)c1. The fraction of sp³-hybridized carbons (Fsp3) is 0.400. The zero-order valence-electron chi connectivity index (χ0n) is 7.93. The lowest BCUT2D eigenvalue weighted by molar-refractivity contribution is 0.183. The Balaban J connectivity index is 2.55. The molecular formula is C10H13BrClNO. The monoisotopic (exact) mass is 277 g/mol. The van der Waals surface area contributed by atoms with E-state index in [1.165, 1.54) is 0 Å².